The third-order valence-electron chi connectivity index (χ3n) is 2.31. The minimum atomic E-state index is -0.882. The van der Waals surface area contributed by atoms with Crippen molar-refractivity contribution in [2.45, 2.75) is 13.3 Å². The third-order valence-corrected chi connectivity index (χ3v) is 3.24. The van der Waals surface area contributed by atoms with Crippen molar-refractivity contribution in [3.8, 4) is 0 Å². The topological polar surface area (TPSA) is 78.4 Å². The van der Waals surface area contributed by atoms with Crippen LogP contribution in [0.1, 0.15) is 13.3 Å². The molecule has 0 heterocycles. The van der Waals surface area contributed by atoms with Crippen molar-refractivity contribution in [1.29, 1.82) is 0 Å². The smallest absolute Gasteiger partial charge is 0.319 e. The van der Waals surface area contributed by atoms with Gasteiger partial charge in [0, 0.05) is 22.5 Å². The van der Waals surface area contributed by atoms with E-state index in [0.29, 0.717) is 15.2 Å². The molecule has 104 valence electrons. The number of carboxylic acids is 1. The summed E-state index contributed by atoms with van der Waals surface area (Å²) in [6.07, 6.45) is 0.0150. The zero-order chi connectivity index (χ0) is 14.4. The maximum absolute atomic E-state index is 11.6. The summed E-state index contributed by atoms with van der Waals surface area (Å²) >= 11 is 9.12. The highest BCUT2D eigenvalue weighted by Crippen LogP contribution is 2.25. The van der Waals surface area contributed by atoms with Crippen LogP contribution in [0.5, 0.6) is 0 Å². The first-order valence-corrected chi connectivity index (χ1v) is 6.77. The van der Waals surface area contributed by atoms with Crippen LogP contribution in [0.4, 0.5) is 10.5 Å². The number of anilines is 1. The van der Waals surface area contributed by atoms with Gasteiger partial charge in [-0.15, -0.1) is 0 Å². The molecule has 0 saturated heterocycles. The fourth-order valence-electron chi connectivity index (χ4n) is 1.40. The molecule has 2 amide bonds. The Kier molecular flexibility index (Phi) is 6.11. The number of carbonyl (C=O) groups excluding carboxylic acids is 1. The van der Waals surface area contributed by atoms with Gasteiger partial charge >= 0.3 is 12.0 Å². The summed E-state index contributed by atoms with van der Waals surface area (Å²) in [6.45, 7) is 2.04. The van der Waals surface area contributed by atoms with E-state index in [9.17, 15) is 9.59 Å². The minimum absolute atomic E-state index is 0.0150. The molecule has 1 atom stereocenters. The molecule has 0 spiro atoms. The molecule has 0 radical (unpaired) electrons. The lowest BCUT2D eigenvalue weighted by Crippen LogP contribution is -2.33. The van der Waals surface area contributed by atoms with E-state index in [1.54, 1.807) is 25.1 Å². The monoisotopic (exact) mass is 348 g/mol. The van der Waals surface area contributed by atoms with E-state index in [1.807, 2.05) is 0 Å². The first-order chi connectivity index (χ1) is 8.88. The molecular weight excluding hydrogens is 336 g/mol. The molecule has 0 aliphatic heterocycles. The van der Waals surface area contributed by atoms with Crippen LogP contribution < -0.4 is 10.6 Å². The summed E-state index contributed by atoms with van der Waals surface area (Å²) in [7, 11) is 0. The molecule has 0 aliphatic carbocycles. The summed E-state index contributed by atoms with van der Waals surface area (Å²) in [5.74, 6) is -1.02. The number of urea groups is 1. The maximum atomic E-state index is 11.6. The van der Waals surface area contributed by atoms with E-state index in [2.05, 4.69) is 26.6 Å². The second kappa shape index (κ2) is 7.35. The number of hydrogen-bond donors (Lipinski definition) is 3. The summed E-state index contributed by atoms with van der Waals surface area (Å²) in [5.41, 5.74) is 0.552. The number of nitrogens with one attached hydrogen (secondary N) is 2. The van der Waals surface area contributed by atoms with Crippen LogP contribution in [-0.4, -0.2) is 23.7 Å². The Morgan fingerprint density at radius 1 is 1.47 bits per heavy atom. The van der Waals surface area contributed by atoms with Crippen LogP contribution in [0, 0.1) is 5.92 Å². The van der Waals surface area contributed by atoms with Crippen molar-refractivity contribution in [3.63, 3.8) is 0 Å². The standard InChI is InChI=1S/C12H14BrClN2O3/c1-7(4-11(17)18)6-15-12(19)16-10-5-8(14)2-3-9(10)13/h2-3,5,7H,4,6H2,1H3,(H,17,18)(H2,15,16,19). The maximum Gasteiger partial charge on any atom is 0.319 e. The molecule has 0 fully saturated rings. The Hall–Kier alpha value is -1.27. The molecule has 0 aromatic heterocycles. The van der Waals surface area contributed by atoms with Gasteiger partial charge in [0.1, 0.15) is 0 Å². The van der Waals surface area contributed by atoms with Crippen LogP contribution in [0.15, 0.2) is 22.7 Å². The molecule has 0 saturated carbocycles. The van der Waals surface area contributed by atoms with Crippen molar-refractivity contribution < 1.29 is 14.7 Å². The van der Waals surface area contributed by atoms with Gasteiger partial charge in [-0.2, -0.15) is 0 Å². The van der Waals surface area contributed by atoms with Gasteiger partial charge in [0.2, 0.25) is 0 Å². The molecule has 0 aliphatic rings. The number of halogens is 2. The van der Waals surface area contributed by atoms with Crippen molar-refractivity contribution in [2.24, 2.45) is 5.92 Å². The van der Waals surface area contributed by atoms with Crippen LogP contribution in [0.2, 0.25) is 5.02 Å². The van der Waals surface area contributed by atoms with Gasteiger partial charge in [-0.25, -0.2) is 4.79 Å². The van der Waals surface area contributed by atoms with Crippen molar-refractivity contribution in [3.05, 3.63) is 27.7 Å². The fourth-order valence-corrected chi connectivity index (χ4v) is 1.91. The van der Waals surface area contributed by atoms with E-state index in [4.69, 9.17) is 16.7 Å². The molecule has 0 bridgehead atoms. The molecule has 19 heavy (non-hydrogen) atoms. The first kappa shape index (κ1) is 15.8. The highest BCUT2D eigenvalue weighted by Gasteiger charge is 2.10. The first-order valence-electron chi connectivity index (χ1n) is 5.60. The normalized spacial score (nSPS) is 11.7. The Bertz CT molecular complexity index is 482. The lowest BCUT2D eigenvalue weighted by Gasteiger charge is -2.12. The van der Waals surface area contributed by atoms with Crippen molar-refractivity contribution >= 4 is 45.2 Å². The quantitative estimate of drug-likeness (QED) is 0.763. The molecular formula is C12H14BrClN2O3. The van der Waals surface area contributed by atoms with Crippen molar-refractivity contribution in [1.82, 2.24) is 5.32 Å². The van der Waals surface area contributed by atoms with E-state index in [0.717, 1.165) is 0 Å². The minimum Gasteiger partial charge on any atom is -0.481 e. The van der Waals surface area contributed by atoms with E-state index in [-0.39, 0.29) is 18.9 Å². The molecule has 5 nitrogen and oxygen atoms in total. The van der Waals surface area contributed by atoms with Crippen LogP contribution in [-0.2, 0) is 4.79 Å². The van der Waals surface area contributed by atoms with Gasteiger partial charge in [0.15, 0.2) is 0 Å². The molecule has 1 unspecified atom stereocenters. The van der Waals surface area contributed by atoms with Crippen LogP contribution >= 0.6 is 27.5 Å². The molecule has 1 rings (SSSR count). The van der Waals surface area contributed by atoms with Crippen LogP contribution in [0.25, 0.3) is 0 Å². The lowest BCUT2D eigenvalue weighted by molar-refractivity contribution is -0.137. The summed E-state index contributed by atoms with van der Waals surface area (Å²) in [6, 6.07) is 4.64. The number of rotatable bonds is 5. The molecule has 3 N–H and O–H groups in total. The summed E-state index contributed by atoms with van der Waals surface area (Å²) in [4.78, 5) is 22.1. The predicted octanol–water partition coefficient (Wildman–Crippen LogP) is 3.33. The lowest BCUT2D eigenvalue weighted by atomic mass is 10.1. The highest BCUT2D eigenvalue weighted by atomic mass is 79.9. The average molecular weight is 350 g/mol. The number of carbonyl (C=O) groups is 2. The third kappa shape index (κ3) is 5.94. The number of benzene rings is 1. The van der Waals surface area contributed by atoms with Gasteiger partial charge in [0.05, 0.1) is 5.69 Å². The largest absolute Gasteiger partial charge is 0.481 e. The molecule has 1 aromatic rings. The van der Waals surface area contributed by atoms with Gasteiger partial charge < -0.3 is 15.7 Å². The predicted molar refractivity (Wildman–Crippen MR) is 77.6 cm³/mol. The Labute approximate surface area is 124 Å². The second-order valence-corrected chi connectivity index (χ2v) is 5.45. The van der Waals surface area contributed by atoms with E-state index < -0.39 is 12.0 Å². The van der Waals surface area contributed by atoms with E-state index >= 15 is 0 Å². The van der Waals surface area contributed by atoms with Crippen molar-refractivity contribution in [2.75, 3.05) is 11.9 Å². The Morgan fingerprint density at radius 2 is 2.16 bits per heavy atom. The van der Waals surface area contributed by atoms with Gasteiger partial charge in [-0.3, -0.25) is 4.79 Å². The molecule has 7 heteroatoms. The summed E-state index contributed by atoms with van der Waals surface area (Å²) < 4.78 is 0.714. The zero-order valence-corrected chi connectivity index (χ0v) is 12.6. The van der Waals surface area contributed by atoms with E-state index in [1.165, 1.54) is 0 Å². The Balaban J connectivity index is 2.47. The zero-order valence-electron chi connectivity index (χ0n) is 10.2. The average Bonchev–Trinajstić information content (AvgIpc) is 2.30. The van der Waals surface area contributed by atoms with Gasteiger partial charge in [0.25, 0.3) is 0 Å². The highest BCUT2D eigenvalue weighted by molar-refractivity contribution is 9.10. The second-order valence-electron chi connectivity index (χ2n) is 4.16. The molecule has 1 aromatic carbocycles. The number of hydrogen-bond acceptors (Lipinski definition) is 2. The van der Waals surface area contributed by atoms with Gasteiger partial charge in [-0.1, -0.05) is 18.5 Å². The SMILES string of the molecule is CC(CNC(=O)Nc1cc(Cl)ccc1Br)CC(=O)O. The number of carboxylic acid groups (broad SMARTS) is 1. The van der Waals surface area contributed by atoms with Crippen LogP contribution in [0.3, 0.4) is 0 Å². The Morgan fingerprint density at radius 3 is 2.79 bits per heavy atom. The van der Waals surface area contributed by atoms with Gasteiger partial charge in [-0.05, 0) is 40.0 Å². The summed E-state index contributed by atoms with van der Waals surface area (Å²) in [5, 5.41) is 14.4. The number of aliphatic carboxylic acids is 1. The fraction of sp³-hybridized carbons (Fsp3) is 0.333. The number of amides is 2.